The molecule has 2 rings (SSSR count). The Hall–Kier alpha value is -2.49. The van der Waals surface area contributed by atoms with Gasteiger partial charge in [0.25, 0.3) is 0 Å². The summed E-state index contributed by atoms with van der Waals surface area (Å²) in [7, 11) is 0. The zero-order valence-corrected chi connectivity index (χ0v) is 11.5. The summed E-state index contributed by atoms with van der Waals surface area (Å²) in [6.45, 7) is 3.61. The maximum atomic E-state index is 11.9. The van der Waals surface area contributed by atoms with E-state index < -0.39 is 12.1 Å². The number of ether oxygens (including phenoxy) is 2. The Balaban J connectivity index is 1.96. The highest BCUT2D eigenvalue weighted by Crippen LogP contribution is 2.17. The smallest absolute Gasteiger partial charge is 0.352 e. The van der Waals surface area contributed by atoms with Crippen molar-refractivity contribution in [3.05, 3.63) is 54.1 Å². The van der Waals surface area contributed by atoms with E-state index in [2.05, 4.69) is 0 Å². The summed E-state index contributed by atoms with van der Waals surface area (Å²) in [4.78, 5) is 11.9. The van der Waals surface area contributed by atoms with Crippen LogP contribution in [-0.4, -0.2) is 12.1 Å². The van der Waals surface area contributed by atoms with Crippen LogP contribution < -0.4 is 15.2 Å². The number of hydrogen-bond donors (Lipinski definition) is 1. The summed E-state index contributed by atoms with van der Waals surface area (Å²) in [5.74, 6) is 0.596. The van der Waals surface area contributed by atoms with Gasteiger partial charge in [-0.15, -0.1) is 0 Å². The first-order valence-electron chi connectivity index (χ1n) is 6.35. The fourth-order valence-electron chi connectivity index (χ4n) is 1.65. The Morgan fingerprint density at radius 3 is 2.45 bits per heavy atom. The quantitative estimate of drug-likeness (QED) is 0.527. The minimum Gasteiger partial charge on any atom is -0.479 e. The van der Waals surface area contributed by atoms with Crippen molar-refractivity contribution in [2.24, 2.45) is 0 Å². The molecule has 0 heterocycles. The van der Waals surface area contributed by atoms with E-state index in [1.165, 1.54) is 0 Å². The first kappa shape index (κ1) is 13.9. The number of esters is 1. The third-order valence-corrected chi connectivity index (χ3v) is 2.74. The number of aryl methyl sites for hydroxylation is 1. The lowest BCUT2D eigenvalue weighted by Gasteiger charge is -2.14. The van der Waals surface area contributed by atoms with Gasteiger partial charge in [-0.3, -0.25) is 0 Å². The molecule has 0 saturated carbocycles. The van der Waals surface area contributed by atoms with Crippen LogP contribution in [0.4, 0.5) is 5.69 Å². The first-order chi connectivity index (χ1) is 9.54. The highest BCUT2D eigenvalue weighted by atomic mass is 16.6. The largest absolute Gasteiger partial charge is 0.479 e. The highest BCUT2D eigenvalue weighted by Gasteiger charge is 2.17. The van der Waals surface area contributed by atoms with Crippen molar-refractivity contribution in [2.75, 3.05) is 5.73 Å². The molecular formula is C16H17NO3. The average Bonchev–Trinajstić information content (AvgIpc) is 2.41. The number of anilines is 1. The molecule has 0 radical (unpaired) electrons. The minimum atomic E-state index is -0.710. The summed E-state index contributed by atoms with van der Waals surface area (Å²) >= 11 is 0. The molecule has 0 saturated heterocycles. The summed E-state index contributed by atoms with van der Waals surface area (Å²) in [6, 6.07) is 14.2. The second-order valence-electron chi connectivity index (χ2n) is 4.57. The minimum absolute atomic E-state index is 0.448. The zero-order chi connectivity index (χ0) is 14.5. The summed E-state index contributed by atoms with van der Waals surface area (Å²) < 4.78 is 10.7. The molecule has 0 fully saturated rings. The number of rotatable bonds is 4. The number of nitrogen functional groups attached to an aromatic ring is 1. The number of carbonyl (C=O) groups excluding carboxylic acids is 1. The Morgan fingerprint density at radius 2 is 1.80 bits per heavy atom. The van der Waals surface area contributed by atoms with Gasteiger partial charge in [0.2, 0.25) is 0 Å². The molecule has 0 aliphatic heterocycles. The molecule has 2 aromatic rings. The van der Waals surface area contributed by atoms with Crippen LogP contribution in [0, 0.1) is 6.92 Å². The Morgan fingerprint density at radius 1 is 1.10 bits per heavy atom. The highest BCUT2D eigenvalue weighted by molar-refractivity contribution is 5.77. The van der Waals surface area contributed by atoms with E-state index in [0.29, 0.717) is 17.2 Å². The summed E-state index contributed by atoms with van der Waals surface area (Å²) in [6.07, 6.45) is -0.710. The molecule has 0 amide bonds. The van der Waals surface area contributed by atoms with E-state index in [-0.39, 0.29) is 0 Å². The van der Waals surface area contributed by atoms with Gasteiger partial charge in [0, 0.05) is 11.8 Å². The molecule has 0 bridgehead atoms. The van der Waals surface area contributed by atoms with Crippen molar-refractivity contribution >= 4 is 11.7 Å². The molecule has 4 heteroatoms. The van der Waals surface area contributed by atoms with Gasteiger partial charge in [0.1, 0.15) is 11.5 Å². The maximum absolute atomic E-state index is 11.9. The lowest BCUT2D eigenvalue weighted by atomic mass is 10.2. The first-order valence-corrected chi connectivity index (χ1v) is 6.35. The van der Waals surface area contributed by atoms with Gasteiger partial charge in [-0.1, -0.05) is 23.8 Å². The number of hydrogen-bond acceptors (Lipinski definition) is 4. The molecule has 0 aliphatic carbocycles. The van der Waals surface area contributed by atoms with Crippen molar-refractivity contribution in [3.63, 3.8) is 0 Å². The van der Waals surface area contributed by atoms with Crippen molar-refractivity contribution in [1.82, 2.24) is 0 Å². The molecule has 0 aromatic heterocycles. The predicted octanol–water partition coefficient (Wildman–Crippen LogP) is 2.95. The molecule has 0 unspecified atom stereocenters. The molecule has 0 aliphatic rings. The third-order valence-electron chi connectivity index (χ3n) is 2.74. The molecule has 104 valence electrons. The van der Waals surface area contributed by atoms with E-state index in [1.54, 1.807) is 43.3 Å². The van der Waals surface area contributed by atoms with Crippen LogP contribution >= 0.6 is 0 Å². The van der Waals surface area contributed by atoms with Gasteiger partial charge in [0.05, 0.1) is 0 Å². The normalized spacial score (nSPS) is 11.7. The summed E-state index contributed by atoms with van der Waals surface area (Å²) in [5.41, 5.74) is 7.34. The van der Waals surface area contributed by atoms with Crippen LogP contribution in [0.2, 0.25) is 0 Å². The van der Waals surface area contributed by atoms with Gasteiger partial charge in [-0.2, -0.15) is 0 Å². The van der Waals surface area contributed by atoms with Crippen molar-refractivity contribution in [2.45, 2.75) is 20.0 Å². The van der Waals surface area contributed by atoms with Gasteiger partial charge in [-0.05, 0) is 38.1 Å². The topological polar surface area (TPSA) is 61.5 Å². The molecule has 2 N–H and O–H groups in total. The van der Waals surface area contributed by atoms with E-state index in [0.717, 1.165) is 5.56 Å². The summed E-state index contributed by atoms with van der Waals surface area (Å²) in [5, 5.41) is 0. The Bertz CT molecular complexity index is 593. The van der Waals surface area contributed by atoms with E-state index in [9.17, 15) is 4.79 Å². The second kappa shape index (κ2) is 6.10. The average molecular weight is 271 g/mol. The monoisotopic (exact) mass is 271 g/mol. The standard InChI is InChI=1S/C16H17NO3/c1-11-6-8-14(9-7-11)20-16(18)12(2)19-15-5-3-4-13(17)10-15/h3-10,12H,17H2,1-2H3/t12-/m0/s1. The van der Waals surface area contributed by atoms with Crippen LogP contribution in [0.25, 0.3) is 0 Å². The number of benzene rings is 2. The van der Waals surface area contributed by atoms with Crippen molar-refractivity contribution in [3.8, 4) is 11.5 Å². The Kier molecular flexibility index (Phi) is 4.25. The van der Waals surface area contributed by atoms with E-state index in [4.69, 9.17) is 15.2 Å². The molecule has 0 spiro atoms. The van der Waals surface area contributed by atoms with E-state index in [1.807, 2.05) is 19.1 Å². The molecule has 2 aromatic carbocycles. The van der Waals surface area contributed by atoms with Crippen LogP contribution in [-0.2, 0) is 4.79 Å². The lowest BCUT2D eigenvalue weighted by molar-refractivity contribution is -0.141. The Labute approximate surface area is 118 Å². The number of nitrogens with two attached hydrogens (primary N) is 1. The zero-order valence-electron chi connectivity index (χ0n) is 11.5. The SMILES string of the molecule is Cc1ccc(OC(=O)[C@H](C)Oc2cccc(N)c2)cc1. The molecule has 20 heavy (non-hydrogen) atoms. The molecule has 4 nitrogen and oxygen atoms in total. The molecular weight excluding hydrogens is 254 g/mol. The fraction of sp³-hybridized carbons (Fsp3) is 0.188. The van der Waals surface area contributed by atoms with E-state index >= 15 is 0 Å². The van der Waals surface area contributed by atoms with Gasteiger partial charge < -0.3 is 15.2 Å². The van der Waals surface area contributed by atoms with Gasteiger partial charge in [0.15, 0.2) is 6.10 Å². The predicted molar refractivity (Wildman–Crippen MR) is 77.8 cm³/mol. The van der Waals surface area contributed by atoms with Crippen molar-refractivity contribution < 1.29 is 14.3 Å². The van der Waals surface area contributed by atoms with Crippen LogP contribution in [0.15, 0.2) is 48.5 Å². The van der Waals surface area contributed by atoms with Crippen LogP contribution in [0.1, 0.15) is 12.5 Å². The van der Waals surface area contributed by atoms with Crippen LogP contribution in [0.5, 0.6) is 11.5 Å². The van der Waals surface area contributed by atoms with Crippen LogP contribution in [0.3, 0.4) is 0 Å². The number of carbonyl (C=O) groups is 1. The molecule has 1 atom stereocenters. The third kappa shape index (κ3) is 3.75. The second-order valence-corrected chi connectivity index (χ2v) is 4.57. The maximum Gasteiger partial charge on any atom is 0.352 e. The fourth-order valence-corrected chi connectivity index (χ4v) is 1.65. The van der Waals surface area contributed by atoms with Crippen molar-refractivity contribution in [1.29, 1.82) is 0 Å². The lowest BCUT2D eigenvalue weighted by Crippen LogP contribution is -2.28. The van der Waals surface area contributed by atoms with Gasteiger partial charge in [-0.25, -0.2) is 4.79 Å². The van der Waals surface area contributed by atoms with Gasteiger partial charge >= 0.3 is 5.97 Å².